The summed E-state index contributed by atoms with van der Waals surface area (Å²) in [6.45, 7) is 6.88. The molecule has 0 spiro atoms. The Kier molecular flexibility index (Phi) is 7.36. The molecule has 0 bridgehead atoms. The van der Waals surface area contributed by atoms with Crippen LogP contribution in [0, 0.1) is 12.3 Å². The van der Waals surface area contributed by atoms with E-state index in [4.69, 9.17) is 25.8 Å². The number of carbonyl (C=O) groups excluding carboxylic acids is 1. The zero-order valence-electron chi connectivity index (χ0n) is 16.9. The molecule has 2 rings (SSSR count). The number of anilines is 1. The van der Waals surface area contributed by atoms with E-state index in [1.165, 1.54) is 6.21 Å². The fraction of sp³-hybridized carbons (Fsp3) is 0.556. The van der Waals surface area contributed by atoms with E-state index in [0.29, 0.717) is 11.3 Å². The van der Waals surface area contributed by atoms with Crippen molar-refractivity contribution in [1.29, 1.82) is 5.41 Å². The van der Waals surface area contributed by atoms with Crippen molar-refractivity contribution in [2.75, 3.05) is 5.09 Å². The maximum Gasteiger partial charge on any atom is 0.413 e. The van der Waals surface area contributed by atoms with Crippen LogP contribution in [0.5, 0.6) is 0 Å². The highest BCUT2D eigenvalue weighted by molar-refractivity contribution is 14.2. The highest BCUT2D eigenvalue weighted by atomic mass is 127. The maximum absolute atomic E-state index is 12.6. The largest absolute Gasteiger partial charge is 0.444 e. The molecule has 1 aliphatic rings. The van der Waals surface area contributed by atoms with Crippen molar-refractivity contribution >= 4 is 62.1 Å². The van der Waals surface area contributed by atoms with E-state index in [-0.39, 0.29) is 12.8 Å². The Balaban J connectivity index is 2.42. The minimum absolute atomic E-state index is 0.103. The first kappa shape index (κ1) is 24.4. The quantitative estimate of drug-likeness (QED) is 0.159. The highest BCUT2D eigenvalue weighted by Gasteiger charge is 2.52. The van der Waals surface area contributed by atoms with Crippen LogP contribution in [0.1, 0.15) is 56.2 Å². The standard InChI is InChI=1S/C18H25B2IN3O4P/c1-10-5-11(9-22)14(23-29-21)6-13(10)12-7-17(19,20)24(18(26,27)8-12)15(25)28-16(2,3)4/h5-6,9,12,22-23,26-27,29H,7-8H2,1-4H3. The van der Waals surface area contributed by atoms with Crippen LogP contribution in [0.4, 0.5) is 10.5 Å². The van der Waals surface area contributed by atoms with Crippen molar-refractivity contribution in [2.24, 2.45) is 0 Å². The Morgan fingerprint density at radius 3 is 2.52 bits per heavy atom. The molecule has 1 amide bonds. The third-order valence-corrected chi connectivity index (χ3v) is 5.83. The summed E-state index contributed by atoms with van der Waals surface area (Å²) in [7, 11) is 12.4. The van der Waals surface area contributed by atoms with Gasteiger partial charge in [0.15, 0.2) is 0 Å². The van der Waals surface area contributed by atoms with Crippen LogP contribution in [0.25, 0.3) is 0 Å². The lowest BCUT2D eigenvalue weighted by Gasteiger charge is -2.53. The van der Waals surface area contributed by atoms with E-state index >= 15 is 0 Å². The topological polar surface area (TPSA) is 106 Å². The summed E-state index contributed by atoms with van der Waals surface area (Å²) >= 11 is 2.19. The third kappa shape index (κ3) is 5.66. The summed E-state index contributed by atoms with van der Waals surface area (Å²) in [5.41, 5.74) is 2.34. The summed E-state index contributed by atoms with van der Waals surface area (Å²) in [5.74, 6) is -3.00. The van der Waals surface area contributed by atoms with Crippen molar-refractivity contribution in [3.05, 3.63) is 28.8 Å². The summed E-state index contributed by atoms with van der Waals surface area (Å²) in [5, 5.41) is 30.4. The third-order valence-electron chi connectivity index (χ3n) is 4.66. The van der Waals surface area contributed by atoms with Crippen molar-refractivity contribution in [3.8, 4) is 0 Å². The van der Waals surface area contributed by atoms with Crippen LogP contribution in [-0.4, -0.2) is 60.0 Å². The molecule has 11 heteroatoms. The molecule has 1 saturated heterocycles. The van der Waals surface area contributed by atoms with Gasteiger partial charge < -0.3 is 25.4 Å². The summed E-state index contributed by atoms with van der Waals surface area (Å²) in [6.07, 6.45) is 0.595. The molecule has 7 nitrogen and oxygen atoms in total. The summed E-state index contributed by atoms with van der Waals surface area (Å²) in [6, 6.07) is 3.73. The average molecular weight is 527 g/mol. The van der Waals surface area contributed by atoms with Gasteiger partial charge in [0.1, 0.15) is 5.60 Å². The van der Waals surface area contributed by atoms with E-state index in [0.717, 1.165) is 22.4 Å². The second kappa shape index (κ2) is 8.73. The number of likely N-dealkylation sites (tertiary alicyclic amines) is 1. The normalized spacial score (nSPS) is 21.2. The number of ether oxygens (including phenoxy) is 1. The predicted octanol–water partition coefficient (Wildman–Crippen LogP) is 3.09. The smallest absolute Gasteiger partial charge is 0.413 e. The summed E-state index contributed by atoms with van der Waals surface area (Å²) < 4.78 is 5.27. The number of aryl methyl sites for hydroxylation is 1. The maximum atomic E-state index is 12.6. The number of aliphatic hydroxyl groups is 2. The molecular weight excluding hydrogens is 502 g/mol. The van der Waals surface area contributed by atoms with E-state index in [9.17, 15) is 15.0 Å². The van der Waals surface area contributed by atoms with Gasteiger partial charge in [-0.3, -0.25) is 4.90 Å². The molecule has 29 heavy (non-hydrogen) atoms. The van der Waals surface area contributed by atoms with E-state index < -0.39 is 28.9 Å². The second-order valence-electron chi connectivity index (χ2n) is 8.35. The Bertz CT molecular complexity index is 784. The first-order valence-electron chi connectivity index (χ1n) is 9.04. The molecule has 0 saturated carbocycles. The second-order valence-corrected chi connectivity index (χ2v) is 10.4. The fourth-order valence-corrected chi connectivity index (χ4v) is 4.81. The van der Waals surface area contributed by atoms with Gasteiger partial charge >= 0.3 is 6.09 Å². The van der Waals surface area contributed by atoms with Gasteiger partial charge in [-0.25, -0.2) is 4.79 Å². The molecule has 4 N–H and O–H groups in total. The predicted molar refractivity (Wildman–Crippen MR) is 126 cm³/mol. The minimum Gasteiger partial charge on any atom is -0.444 e. The van der Waals surface area contributed by atoms with Crippen molar-refractivity contribution in [2.45, 2.75) is 63.3 Å². The van der Waals surface area contributed by atoms with Crippen LogP contribution in [0.15, 0.2) is 12.1 Å². The molecule has 0 aliphatic carbocycles. The first-order chi connectivity index (χ1) is 13.2. The van der Waals surface area contributed by atoms with Crippen LogP contribution < -0.4 is 5.09 Å². The molecular formula is C18H25B2IN3O4P. The zero-order chi connectivity index (χ0) is 22.2. The Morgan fingerprint density at radius 1 is 1.41 bits per heavy atom. The van der Waals surface area contributed by atoms with Crippen LogP contribution >= 0.6 is 28.4 Å². The van der Waals surface area contributed by atoms with Gasteiger partial charge in [-0.15, -0.1) is 0 Å². The Labute approximate surface area is 189 Å². The van der Waals surface area contributed by atoms with Crippen LogP contribution in [0.2, 0.25) is 0 Å². The molecule has 1 aromatic carbocycles. The molecule has 2 unspecified atom stereocenters. The SMILES string of the molecule is [B]C1([B])CC(c2cc(NPI)c(C=N)cc2C)CC(O)(O)N1C(=O)OC(C)(C)C. The molecule has 154 valence electrons. The Hall–Kier alpha value is -0.830. The number of amides is 1. The molecule has 1 heterocycles. The molecule has 1 aromatic rings. The summed E-state index contributed by atoms with van der Waals surface area (Å²) in [4.78, 5) is 13.2. The molecule has 0 aromatic heterocycles. The number of halogens is 1. The van der Waals surface area contributed by atoms with E-state index in [2.05, 4.69) is 27.1 Å². The van der Waals surface area contributed by atoms with Crippen molar-refractivity contribution in [3.63, 3.8) is 0 Å². The fourth-order valence-electron chi connectivity index (χ4n) is 3.62. The monoisotopic (exact) mass is 527 g/mol. The number of rotatable bonds is 4. The number of nitrogens with zero attached hydrogens (tertiary/aromatic N) is 1. The van der Waals surface area contributed by atoms with E-state index in [1.54, 1.807) is 20.8 Å². The van der Waals surface area contributed by atoms with Crippen molar-refractivity contribution < 1.29 is 19.7 Å². The van der Waals surface area contributed by atoms with E-state index in [1.807, 2.05) is 19.1 Å². The zero-order valence-corrected chi connectivity index (χ0v) is 20.1. The Morgan fingerprint density at radius 2 is 2.03 bits per heavy atom. The number of carbonyl (C=O) groups is 1. The van der Waals surface area contributed by atoms with Gasteiger partial charge in [-0.1, -0.05) is 0 Å². The molecule has 1 fully saturated rings. The van der Waals surface area contributed by atoms with Gasteiger partial charge in [0, 0.05) is 30.3 Å². The lowest BCUT2D eigenvalue weighted by molar-refractivity contribution is -0.279. The number of hydrogen-bond donors (Lipinski definition) is 4. The molecule has 1 aliphatic heterocycles. The lowest BCUT2D eigenvalue weighted by atomic mass is 9.53. The first-order valence-corrected chi connectivity index (χ1v) is 13.2. The molecule has 4 radical (unpaired) electrons. The lowest BCUT2D eigenvalue weighted by Crippen LogP contribution is -2.68. The number of piperidine rings is 1. The van der Waals surface area contributed by atoms with Crippen molar-refractivity contribution in [1.82, 2.24) is 4.90 Å². The van der Waals surface area contributed by atoms with Gasteiger partial charge in [-0.05, 0) is 90.7 Å². The minimum atomic E-state index is -2.58. The van der Waals surface area contributed by atoms with Gasteiger partial charge in [-0.2, -0.15) is 0 Å². The highest BCUT2D eigenvalue weighted by Crippen LogP contribution is 2.44. The number of benzene rings is 1. The van der Waals surface area contributed by atoms with Crippen LogP contribution in [-0.2, 0) is 4.74 Å². The van der Waals surface area contributed by atoms with Gasteiger partial charge in [0.05, 0.1) is 15.7 Å². The number of hydrogen-bond acceptors (Lipinski definition) is 6. The van der Waals surface area contributed by atoms with Gasteiger partial charge in [0.25, 0.3) is 5.91 Å². The van der Waals surface area contributed by atoms with Gasteiger partial charge in [0.2, 0.25) is 0 Å². The average Bonchev–Trinajstić information content (AvgIpc) is 2.51. The number of nitrogens with one attached hydrogen (secondary N) is 2. The van der Waals surface area contributed by atoms with Crippen LogP contribution in [0.3, 0.4) is 0 Å². The molecule has 2 atom stereocenters.